The average Bonchev–Trinajstić information content (AvgIpc) is 3.57. The molecule has 2 fully saturated rings. The van der Waals surface area contributed by atoms with Gasteiger partial charge in [-0.3, -0.25) is 14.4 Å². The third kappa shape index (κ3) is 5.10. The van der Waals surface area contributed by atoms with Gasteiger partial charge < -0.3 is 19.3 Å². The van der Waals surface area contributed by atoms with Crippen molar-refractivity contribution in [2.24, 2.45) is 5.92 Å². The molecule has 2 amide bonds. The number of carbonyl (C=O) groups is 3. The number of amides is 2. The molecular formula is C25H28N2O5. The van der Waals surface area contributed by atoms with Crippen LogP contribution in [0.25, 0.3) is 0 Å². The van der Waals surface area contributed by atoms with E-state index in [9.17, 15) is 14.4 Å². The third-order valence-electron chi connectivity index (χ3n) is 5.96. The second kappa shape index (κ2) is 9.42. The van der Waals surface area contributed by atoms with E-state index in [0.29, 0.717) is 6.54 Å². The lowest BCUT2D eigenvalue weighted by Gasteiger charge is -2.23. The summed E-state index contributed by atoms with van der Waals surface area (Å²) in [5, 5.41) is 0. The van der Waals surface area contributed by atoms with Crippen LogP contribution in [0.1, 0.15) is 30.4 Å². The summed E-state index contributed by atoms with van der Waals surface area (Å²) in [6.07, 6.45) is 2.01. The fraction of sp³-hybridized carbons (Fsp3) is 0.400. The molecule has 1 unspecified atom stereocenters. The molecule has 0 N–H and O–H groups in total. The first-order valence-electron chi connectivity index (χ1n) is 10.9. The number of methoxy groups -OCH3 is 1. The summed E-state index contributed by atoms with van der Waals surface area (Å²) in [6.45, 7) is 2.41. The first-order chi connectivity index (χ1) is 15.4. The first kappa shape index (κ1) is 21.9. The van der Waals surface area contributed by atoms with Gasteiger partial charge in [-0.15, -0.1) is 0 Å². The SMILES string of the molecule is COc1ccc(CN(C(=O)COC(=O)C2CC(=O)N(c3ccc(C)cc3)C2)C2CC2)cc1. The normalized spacial score (nSPS) is 17.9. The fourth-order valence-electron chi connectivity index (χ4n) is 3.91. The molecule has 1 heterocycles. The quantitative estimate of drug-likeness (QED) is 0.595. The lowest BCUT2D eigenvalue weighted by atomic mass is 10.1. The van der Waals surface area contributed by atoms with E-state index in [4.69, 9.17) is 9.47 Å². The Bertz CT molecular complexity index is 982. The summed E-state index contributed by atoms with van der Waals surface area (Å²) in [7, 11) is 1.61. The largest absolute Gasteiger partial charge is 0.497 e. The van der Waals surface area contributed by atoms with E-state index >= 15 is 0 Å². The van der Waals surface area contributed by atoms with Crippen LogP contribution >= 0.6 is 0 Å². The zero-order valence-electron chi connectivity index (χ0n) is 18.5. The smallest absolute Gasteiger partial charge is 0.311 e. The number of nitrogens with zero attached hydrogens (tertiary/aromatic N) is 2. The molecule has 1 saturated carbocycles. The molecule has 0 spiro atoms. The zero-order chi connectivity index (χ0) is 22.7. The van der Waals surface area contributed by atoms with Crippen LogP contribution in [0.5, 0.6) is 5.75 Å². The van der Waals surface area contributed by atoms with Crippen LogP contribution in [0, 0.1) is 12.8 Å². The highest BCUT2D eigenvalue weighted by Crippen LogP contribution is 2.29. The number of esters is 1. The minimum Gasteiger partial charge on any atom is -0.497 e. The maximum Gasteiger partial charge on any atom is 0.311 e. The van der Waals surface area contributed by atoms with Crippen molar-refractivity contribution in [3.8, 4) is 5.75 Å². The Balaban J connectivity index is 1.31. The number of carbonyl (C=O) groups excluding carboxylic acids is 3. The van der Waals surface area contributed by atoms with E-state index in [-0.39, 0.29) is 37.4 Å². The Morgan fingerprint density at radius 1 is 1.06 bits per heavy atom. The molecular weight excluding hydrogens is 408 g/mol. The zero-order valence-corrected chi connectivity index (χ0v) is 18.5. The minimum absolute atomic E-state index is 0.0963. The van der Waals surface area contributed by atoms with Crippen LogP contribution in [0.3, 0.4) is 0 Å². The van der Waals surface area contributed by atoms with Gasteiger partial charge in [0.05, 0.1) is 13.0 Å². The molecule has 32 heavy (non-hydrogen) atoms. The second-order valence-electron chi connectivity index (χ2n) is 8.45. The van der Waals surface area contributed by atoms with E-state index in [1.807, 2.05) is 55.5 Å². The Labute approximate surface area is 187 Å². The lowest BCUT2D eigenvalue weighted by molar-refractivity contribution is -0.155. The van der Waals surface area contributed by atoms with Crippen LogP contribution in [0.2, 0.25) is 0 Å². The van der Waals surface area contributed by atoms with E-state index in [0.717, 1.165) is 35.4 Å². The predicted octanol–water partition coefficient (Wildman–Crippen LogP) is 3.09. The molecule has 1 atom stereocenters. The van der Waals surface area contributed by atoms with Crippen molar-refractivity contribution in [3.05, 3.63) is 59.7 Å². The van der Waals surface area contributed by atoms with E-state index < -0.39 is 11.9 Å². The van der Waals surface area contributed by atoms with Gasteiger partial charge in [-0.1, -0.05) is 29.8 Å². The van der Waals surface area contributed by atoms with E-state index in [1.165, 1.54) is 0 Å². The average molecular weight is 437 g/mol. The van der Waals surface area contributed by atoms with Gasteiger partial charge in [-0.2, -0.15) is 0 Å². The highest BCUT2D eigenvalue weighted by Gasteiger charge is 2.37. The van der Waals surface area contributed by atoms with Crippen LogP contribution in [-0.2, 0) is 25.7 Å². The monoisotopic (exact) mass is 436 g/mol. The summed E-state index contributed by atoms with van der Waals surface area (Å²) in [4.78, 5) is 41.2. The summed E-state index contributed by atoms with van der Waals surface area (Å²) in [5.74, 6) is -0.621. The Morgan fingerprint density at radius 3 is 2.38 bits per heavy atom. The van der Waals surface area contributed by atoms with Crippen LogP contribution in [0.4, 0.5) is 5.69 Å². The maximum atomic E-state index is 12.8. The van der Waals surface area contributed by atoms with Gasteiger partial charge in [0.25, 0.3) is 5.91 Å². The molecule has 0 bridgehead atoms. The minimum atomic E-state index is -0.562. The molecule has 2 aliphatic rings. The van der Waals surface area contributed by atoms with Crippen molar-refractivity contribution < 1.29 is 23.9 Å². The Morgan fingerprint density at radius 2 is 1.75 bits per heavy atom. The molecule has 2 aromatic carbocycles. The third-order valence-corrected chi connectivity index (χ3v) is 5.96. The molecule has 1 aliphatic carbocycles. The molecule has 168 valence electrons. The van der Waals surface area contributed by atoms with Gasteiger partial charge in [0, 0.05) is 31.2 Å². The summed E-state index contributed by atoms with van der Waals surface area (Å²) >= 11 is 0. The number of hydrogen-bond donors (Lipinski definition) is 0. The van der Waals surface area contributed by atoms with Crippen molar-refractivity contribution in [2.45, 2.75) is 38.8 Å². The first-order valence-corrected chi connectivity index (χ1v) is 10.9. The molecule has 0 aromatic heterocycles. The van der Waals surface area contributed by atoms with E-state index in [1.54, 1.807) is 16.9 Å². The van der Waals surface area contributed by atoms with Crippen molar-refractivity contribution >= 4 is 23.5 Å². The molecule has 1 aliphatic heterocycles. The summed E-state index contributed by atoms with van der Waals surface area (Å²) in [6, 6.07) is 15.4. The second-order valence-corrected chi connectivity index (χ2v) is 8.45. The van der Waals surface area contributed by atoms with Gasteiger partial charge in [0.2, 0.25) is 5.91 Å². The molecule has 2 aromatic rings. The molecule has 7 heteroatoms. The number of aryl methyl sites for hydroxylation is 1. The van der Waals surface area contributed by atoms with Crippen molar-refractivity contribution in [3.63, 3.8) is 0 Å². The number of benzene rings is 2. The lowest BCUT2D eigenvalue weighted by Crippen LogP contribution is -2.36. The van der Waals surface area contributed by atoms with Gasteiger partial charge in [0.1, 0.15) is 5.75 Å². The summed E-state index contributed by atoms with van der Waals surface area (Å²) in [5.41, 5.74) is 2.86. The topological polar surface area (TPSA) is 76.1 Å². The molecule has 7 nitrogen and oxygen atoms in total. The fourth-order valence-corrected chi connectivity index (χ4v) is 3.91. The number of hydrogen-bond acceptors (Lipinski definition) is 5. The van der Waals surface area contributed by atoms with Crippen molar-refractivity contribution in [2.75, 3.05) is 25.2 Å². The number of ether oxygens (including phenoxy) is 2. The molecule has 0 radical (unpaired) electrons. The Kier molecular flexibility index (Phi) is 6.44. The summed E-state index contributed by atoms with van der Waals surface area (Å²) < 4.78 is 10.5. The highest BCUT2D eigenvalue weighted by molar-refractivity contribution is 5.99. The van der Waals surface area contributed by atoms with E-state index in [2.05, 4.69) is 0 Å². The highest BCUT2D eigenvalue weighted by atomic mass is 16.5. The number of anilines is 1. The van der Waals surface area contributed by atoms with Crippen LogP contribution < -0.4 is 9.64 Å². The van der Waals surface area contributed by atoms with Gasteiger partial charge in [-0.25, -0.2) is 0 Å². The van der Waals surface area contributed by atoms with Crippen molar-refractivity contribution in [1.29, 1.82) is 0 Å². The van der Waals surface area contributed by atoms with Crippen LogP contribution in [0.15, 0.2) is 48.5 Å². The molecule has 1 saturated heterocycles. The van der Waals surface area contributed by atoms with Gasteiger partial charge in [-0.05, 0) is 49.6 Å². The van der Waals surface area contributed by atoms with Crippen molar-refractivity contribution in [1.82, 2.24) is 4.90 Å². The molecule has 4 rings (SSSR count). The predicted molar refractivity (Wildman–Crippen MR) is 119 cm³/mol. The van der Waals surface area contributed by atoms with Gasteiger partial charge in [0.15, 0.2) is 6.61 Å². The van der Waals surface area contributed by atoms with Crippen LogP contribution in [-0.4, -0.2) is 49.0 Å². The standard InChI is InChI=1S/C25H28N2O5/c1-17-3-7-20(8-4-17)27-15-19(13-23(27)28)25(30)32-16-24(29)26(21-9-10-21)14-18-5-11-22(31-2)12-6-18/h3-8,11-12,19,21H,9-10,13-16H2,1-2H3. The maximum absolute atomic E-state index is 12.8. The van der Waals surface area contributed by atoms with Gasteiger partial charge >= 0.3 is 5.97 Å². The number of rotatable bonds is 8. The Hall–Kier alpha value is -3.35.